The fourth-order valence-electron chi connectivity index (χ4n) is 2.80. The second-order valence-corrected chi connectivity index (χ2v) is 6.11. The van der Waals surface area contributed by atoms with Gasteiger partial charge in [0, 0.05) is 19.1 Å². The number of nitrogens with zero attached hydrogens (tertiary/aromatic N) is 5. The number of rotatable bonds is 5. The van der Waals surface area contributed by atoms with Gasteiger partial charge in [-0.25, -0.2) is 8.78 Å². The van der Waals surface area contributed by atoms with Crippen LogP contribution >= 0.6 is 0 Å². The van der Waals surface area contributed by atoms with Crippen molar-refractivity contribution in [2.45, 2.75) is 13.0 Å². The number of benzene rings is 1. The Morgan fingerprint density at radius 2 is 2.19 bits per heavy atom. The molecule has 1 aliphatic rings. The molecule has 1 amide bonds. The molecule has 0 spiro atoms. The van der Waals surface area contributed by atoms with Crippen molar-refractivity contribution in [1.82, 2.24) is 30.2 Å². The lowest BCUT2D eigenvalue weighted by molar-refractivity contribution is 0.102. The largest absolute Gasteiger partial charge is 0.381 e. The highest BCUT2D eigenvalue weighted by Gasteiger charge is 2.20. The van der Waals surface area contributed by atoms with Crippen LogP contribution in [-0.2, 0) is 11.3 Å². The third kappa shape index (κ3) is 3.67. The molecule has 27 heavy (non-hydrogen) atoms. The van der Waals surface area contributed by atoms with Gasteiger partial charge in [-0.15, -0.1) is 10.2 Å². The fraction of sp³-hybridized carbons (Fsp3) is 0.312. The van der Waals surface area contributed by atoms with Crippen molar-refractivity contribution in [3.05, 3.63) is 41.7 Å². The van der Waals surface area contributed by atoms with E-state index >= 15 is 0 Å². The number of halogens is 2. The highest BCUT2D eigenvalue weighted by molar-refractivity contribution is 6.01. The molecule has 1 fully saturated rings. The average Bonchev–Trinajstić information content (AvgIpc) is 3.38. The molecular formula is C16H15F2N7O2. The molecule has 1 unspecified atom stereocenters. The normalized spacial score (nSPS) is 16.6. The van der Waals surface area contributed by atoms with Crippen LogP contribution in [-0.4, -0.2) is 49.3 Å². The Hall–Kier alpha value is -3.21. The van der Waals surface area contributed by atoms with Crippen LogP contribution in [0.25, 0.3) is 11.4 Å². The molecule has 3 aromatic rings. The van der Waals surface area contributed by atoms with Crippen LogP contribution in [0.5, 0.6) is 0 Å². The Kier molecular flexibility index (Phi) is 4.59. The molecule has 0 bridgehead atoms. The molecule has 4 rings (SSSR count). The van der Waals surface area contributed by atoms with E-state index in [2.05, 4.69) is 30.8 Å². The van der Waals surface area contributed by atoms with Gasteiger partial charge in [-0.3, -0.25) is 19.9 Å². The molecule has 11 heteroatoms. The summed E-state index contributed by atoms with van der Waals surface area (Å²) >= 11 is 0. The number of H-pyrrole nitrogens is 1. The van der Waals surface area contributed by atoms with Gasteiger partial charge < -0.3 is 4.74 Å². The zero-order valence-electron chi connectivity index (χ0n) is 14.0. The Morgan fingerprint density at radius 3 is 2.93 bits per heavy atom. The highest BCUT2D eigenvalue weighted by Crippen LogP contribution is 2.23. The molecule has 0 saturated carbocycles. The molecule has 2 N–H and O–H groups in total. The SMILES string of the molecule is O=C(Nc1n[nH]c(-c2c(F)cccc2F)n1)c1cn(CC2CCOC2)nn1. The average molecular weight is 375 g/mol. The van der Waals surface area contributed by atoms with Gasteiger partial charge in [0.15, 0.2) is 11.5 Å². The Balaban J connectivity index is 1.44. The number of amides is 1. The van der Waals surface area contributed by atoms with E-state index in [1.807, 2.05) is 0 Å². The highest BCUT2D eigenvalue weighted by atomic mass is 19.1. The summed E-state index contributed by atoms with van der Waals surface area (Å²) in [4.78, 5) is 16.2. The molecule has 1 atom stereocenters. The minimum Gasteiger partial charge on any atom is -0.381 e. The smallest absolute Gasteiger partial charge is 0.280 e. The number of anilines is 1. The van der Waals surface area contributed by atoms with Crippen LogP contribution in [0, 0.1) is 17.6 Å². The molecule has 9 nitrogen and oxygen atoms in total. The van der Waals surface area contributed by atoms with Crippen LogP contribution in [0.15, 0.2) is 24.4 Å². The summed E-state index contributed by atoms with van der Waals surface area (Å²) in [6, 6.07) is 3.45. The number of carbonyl (C=O) groups excluding carboxylic acids is 1. The van der Waals surface area contributed by atoms with Crippen molar-refractivity contribution in [2.24, 2.45) is 5.92 Å². The van der Waals surface area contributed by atoms with Gasteiger partial charge in [0.1, 0.15) is 11.6 Å². The lowest BCUT2D eigenvalue weighted by Crippen LogP contribution is -2.14. The summed E-state index contributed by atoms with van der Waals surface area (Å²) in [6.07, 6.45) is 2.45. The van der Waals surface area contributed by atoms with Crippen molar-refractivity contribution in [1.29, 1.82) is 0 Å². The maximum atomic E-state index is 13.8. The number of nitrogens with one attached hydrogen (secondary N) is 2. The summed E-state index contributed by atoms with van der Waals surface area (Å²) < 4.78 is 34.5. The van der Waals surface area contributed by atoms with Gasteiger partial charge in [-0.2, -0.15) is 4.98 Å². The summed E-state index contributed by atoms with van der Waals surface area (Å²) in [5, 5.41) is 16.3. The zero-order chi connectivity index (χ0) is 18.8. The summed E-state index contributed by atoms with van der Waals surface area (Å²) in [7, 11) is 0. The van der Waals surface area contributed by atoms with E-state index in [1.54, 1.807) is 4.68 Å². The van der Waals surface area contributed by atoms with Crippen molar-refractivity contribution in [2.75, 3.05) is 18.5 Å². The van der Waals surface area contributed by atoms with Crippen LogP contribution in [0.3, 0.4) is 0 Å². The molecule has 1 aliphatic heterocycles. The number of ether oxygens (including phenoxy) is 1. The molecule has 0 aliphatic carbocycles. The van der Waals surface area contributed by atoms with E-state index < -0.39 is 17.5 Å². The van der Waals surface area contributed by atoms with Gasteiger partial charge in [-0.05, 0) is 18.6 Å². The number of carbonyl (C=O) groups is 1. The Labute approximate surface area is 151 Å². The molecule has 3 heterocycles. The minimum atomic E-state index is -0.789. The lowest BCUT2D eigenvalue weighted by atomic mass is 10.1. The molecule has 0 radical (unpaired) electrons. The second-order valence-electron chi connectivity index (χ2n) is 6.11. The first-order valence-electron chi connectivity index (χ1n) is 8.26. The first-order chi connectivity index (χ1) is 13.1. The first kappa shape index (κ1) is 17.2. The summed E-state index contributed by atoms with van der Waals surface area (Å²) in [6.45, 7) is 1.99. The summed E-state index contributed by atoms with van der Waals surface area (Å²) in [5.74, 6) is -2.08. The number of hydrogen-bond donors (Lipinski definition) is 2. The van der Waals surface area contributed by atoms with Gasteiger partial charge in [0.25, 0.3) is 5.91 Å². The van der Waals surface area contributed by atoms with Gasteiger partial charge in [-0.1, -0.05) is 11.3 Å². The third-order valence-electron chi connectivity index (χ3n) is 4.15. The quantitative estimate of drug-likeness (QED) is 0.701. The standard InChI is InChI=1S/C16H15F2N7O2/c17-10-2-1-3-11(18)13(10)14-19-16(23-22-14)20-15(26)12-7-25(24-21-12)6-9-4-5-27-8-9/h1-3,7,9H,4-6,8H2,(H2,19,20,22,23,26). The number of aromatic nitrogens is 6. The Morgan fingerprint density at radius 1 is 1.37 bits per heavy atom. The zero-order valence-corrected chi connectivity index (χ0v) is 14.0. The van der Waals surface area contributed by atoms with Crippen LogP contribution in [0.1, 0.15) is 16.9 Å². The second kappa shape index (κ2) is 7.19. The lowest BCUT2D eigenvalue weighted by Gasteiger charge is -2.05. The fourth-order valence-corrected chi connectivity index (χ4v) is 2.80. The number of hydrogen-bond acceptors (Lipinski definition) is 6. The monoisotopic (exact) mass is 375 g/mol. The van der Waals surface area contributed by atoms with Crippen molar-refractivity contribution in [3.8, 4) is 11.4 Å². The predicted octanol–water partition coefficient (Wildman–Crippen LogP) is 1.63. The van der Waals surface area contributed by atoms with E-state index in [-0.39, 0.29) is 23.0 Å². The minimum absolute atomic E-state index is 0.0809. The third-order valence-corrected chi connectivity index (χ3v) is 4.15. The van der Waals surface area contributed by atoms with E-state index in [9.17, 15) is 13.6 Å². The van der Waals surface area contributed by atoms with E-state index in [0.29, 0.717) is 19.1 Å². The molecule has 140 valence electrons. The van der Waals surface area contributed by atoms with Crippen LogP contribution < -0.4 is 5.32 Å². The van der Waals surface area contributed by atoms with Gasteiger partial charge >= 0.3 is 0 Å². The van der Waals surface area contributed by atoms with Crippen LogP contribution in [0.2, 0.25) is 0 Å². The van der Waals surface area contributed by atoms with E-state index in [4.69, 9.17) is 4.74 Å². The van der Waals surface area contributed by atoms with Crippen molar-refractivity contribution < 1.29 is 18.3 Å². The molecule has 1 aromatic carbocycles. The maximum absolute atomic E-state index is 13.8. The van der Waals surface area contributed by atoms with Crippen molar-refractivity contribution in [3.63, 3.8) is 0 Å². The maximum Gasteiger partial charge on any atom is 0.280 e. The van der Waals surface area contributed by atoms with Crippen LogP contribution in [0.4, 0.5) is 14.7 Å². The molecular weight excluding hydrogens is 360 g/mol. The van der Waals surface area contributed by atoms with E-state index in [0.717, 1.165) is 25.2 Å². The molecule has 1 saturated heterocycles. The number of aromatic amines is 1. The van der Waals surface area contributed by atoms with Gasteiger partial charge in [0.05, 0.1) is 18.4 Å². The molecule has 2 aromatic heterocycles. The predicted molar refractivity (Wildman–Crippen MR) is 88.6 cm³/mol. The topological polar surface area (TPSA) is 111 Å². The summed E-state index contributed by atoms with van der Waals surface area (Å²) in [5.41, 5.74) is -0.271. The van der Waals surface area contributed by atoms with Gasteiger partial charge in [0.2, 0.25) is 5.95 Å². The first-order valence-corrected chi connectivity index (χ1v) is 8.26. The Bertz CT molecular complexity index is 945. The van der Waals surface area contributed by atoms with Crippen molar-refractivity contribution >= 4 is 11.9 Å². The van der Waals surface area contributed by atoms with E-state index in [1.165, 1.54) is 12.3 Å².